The molecule has 0 aliphatic rings. The molecule has 1 aromatic rings. The highest BCUT2D eigenvalue weighted by Gasteiger charge is 2.11. The normalized spacial score (nSPS) is 12.3. The molecule has 1 heteroatoms. The van der Waals surface area contributed by atoms with Gasteiger partial charge in [-0.3, -0.25) is 0 Å². The first-order valence-corrected chi connectivity index (χ1v) is 5.61. The van der Waals surface area contributed by atoms with E-state index < -0.39 is 0 Å². The van der Waals surface area contributed by atoms with Crippen LogP contribution in [0.4, 0.5) is 0 Å². The molecule has 0 aliphatic heterocycles. The van der Waals surface area contributed by atoms with Gasteiger partial charge in [0.05, 0.1) is 20.6 Å². The predicted octanol–water partition coefficient (Wildman–Crippen LogP) is 3.32. The van der Waals surface area contributed by atoms with Gasteiger partial charge in [0, 0.05) is 5.56 Å². The van der Waals surface area contributed by atoms with Gasteiger partial charge in [-0.2, -0.15) is 0 Å². The van der Waals surface area contributed by atoms with Crippen molar-refractivity contribution in [1.82, 2.24) is 0 Å². The van der Waals surface area contributed by atoms with Crippen LogP contribution in [0.5, 0.6) is 0 Å². The van der Waals surface area contributed by atoms with Crippen molar-refractivity contribution in [3.05, 3.63) is 41.5 Å². The largest absolute Gasteiger partial charge is 0.325 e. The highest BCUT2D eigenvalue weighted by atomic mass is 15.3. The summed E-state index contributed by atoms with van der Waals surface area (Å²) >= 11 is 0. The van der Waals surface area contributed by atoms with Crippen molar-refractivity contribution in [1.29, 1.82) is 0 Å². The second-order valence-electron chi connectivity index (χ2n) is 4.65. The Labute approximate surface area is 93.6 Å². The molecule has 0 saturated carbocycles. The lowest BCUT2D eigenvalue weighted by Crippen LogP contribution is -2.38. The highest BCUT2D eigenvalue weighted by molar-refractivity contribution is 5.49. The number of hydrogen-bond acceptors (Lipinski definition) is 0. The summed E-state index contributed by atoms with van der Waals surface area (Å²) in [6.07, 6.45) is 4.20. The molecule has 0 atom stereocenters. The molecule has 0 unspecified atom stereocenters. The molecule has 82 valence electrons. The average Bonchev–Trinajstić information content (AvgIpc) is 2.21. The first kappa shape index (κ1) is 12.0. The van der Waals surface area contributed by atoms with E-state index in [2.05, 4.69) is 57.4 Å². The van der Waals surface area contributed by atoms with Crippen LogP contribution in [-0.2, 0) is 6.54 Å². The minimum atomic E-state index is 1.04. The summed E-state index contributed by atoms with van der Waals surface area (Å²) in [6.45, 7) is 6.54. The van der Waals surface area contributed by atoms with Gasteiger partial charge >= 0.3 is 0 Å². The van der Waals surface area contributed by atoms with E-state index in [1.165, 1.54) is 11.1 Å². The number of rotatable bonds is 4. The fourth-order valence-electron chi connectivity index (χ4n) is 1.53. The minimum absolute atomic E-state index is 1.04. The fraction of sp³-hybridized carbons (Fsp3) is 0.429. The van der Waals surface area contributed by atoms with Crippen LogP contribution < -0.4 is 0 Å². The Morgan fingerprint density at radius 1 is 1.13 bits per heavy atom. The van der Waals surface area contributed by atoms with E-state index in [-0.39, 0.29) is 0 Å². The first-order chi connectivity index (χ1) is 7.07. The van der Waals surface area contributed by atoms with Crippen LogP contribution in [0.1, 0.15) is 25.0 Å². The van der Waals surface area contributed by atoms with Crippen molar-refractivity contribution in [2.75, 3.05) is 20.6 Å². The zero-order valence-electron chi connectivity index (χ0n) is 10.3. The lowest BCUT2D eigenvalue weighted by molar-refractivity contribution is -0.901. The van der Waals surface area contributed by atoms with Gasteiger partial charge in [-0.1, -0.05) is 36.4 Å². The molecule has 0 amide bonds. The van der Waals surface area contributed by atoms with Gasteiger partial charge in [0.25, 0.3) is 0 Å². The van der Waals surface area contributed by atoms with Crippen LogP contribution in [0.3, 0.4) is 0 Å². The van der Waals surface area contributed by atoms with E-state index >= 15 is 0 Å². The fourth-order valence-corrected chi connectivity index (χ4v) is 1.53. The molecule has 0 bridgehead atoms. The van der Waals surface area contributed by atoms with Crippen LogP contribution in [0.15, 0.2) is 30.3 Å². The van der Waals surface area contributed by atoms with E-state index in [0.717, 1.165) is 17.6 Å². The van der Waals surface area contributed by atoms with Crippen LogP contribution in [0.2, 0.25) is 0 Å². The highest BCUT2D eigenvalue weighted by Crippen LogP contribution is 2.11. The standard InChI is InChI=1S/C14H22N/c1-5-7-13-8-10-14(11-9-13)12-15(3,4)6-2/h5,7-11H,6,12H2,1-4H3/q+1/b7-5+. The van der Waals surface area contributed by atoms with Crippen LogP contribution in [-0.4, -0.2) is 25.1 Å². The third-order valence-electron chi connectivity index (χ3n) is 2.81. The molecule has 0 aliphatic carbocycles. The monoisotopic (exact) mass is 204 g/mol. The number of benzene rings is 1. The predicted molar refractivity (Wildman–Crippen MR) is 67.5 cm³/mol. The van der Waals surface area contributed by atoms with Crippen molar-refractivity contribution in [2.45, 2.75) is 20.4 Å². The molecule has 0 aromatic heterocycles. The van der Waals surface area contributed by atoms with E-state index in [9.17, 15) is 0 Å². The summed E-state index contributed by atoms with van der Waals surface area (Å²) in [6, 6.07) is 8.83. The Morgan fingerprint density at radius 2 is 1.73 bits per heavy atom. The molecule has 0 radical (unpaired) electrons. The SMILES string of the molecule is C/C=C/c1ccc(C[N+](C)(C)CC)cc1. The second kappa shape index (κ2) is 5.13. The molecular weight excluding hydrogens is 182 g/mol. The molecular formula is C14H22N+. The number of nitrogens with zero attached hydrogens (tertiary/aromatic N) is 1. The van der Waals surface area contributed by atoms with Gasteiger partial charge in [0.15, 0.2) is 0 Å². The summed E-state index contributed by atoms with van der Waals surface area (Å²) in [5, 5.41) is 0. The van der Waals surface area contributed by atoms with Crippen LogP contribution >= 0.6 is 0 Å². The lowest BCUT2D eigenvalue weighted by Gasteiger charge is -2.28. The molecule has 1 rings (SSSR count). The maximum atomic E-state index is 2.26. The Morgan fingerprint density at radius 3 is 2.20 bits per heavy atom. The Balaban J connectivity index is 2.72. The van der Waals surface area contributed by atoms with Gasteiger partial charge < -0.3 is 4.48 Å². The molecule has 1 nitrogen and oxygen atoms in total. The number of quaternary nitrogens is 1. The Bertz CT molecular complexity index is 320. The van der Waals surface area contributed by atoms with Gasteiger partial charge in [-0.25, -0.2) is 0 Å². The van der Waals surface area contributed by atoms with Crippen LogP contribution in [0.25, 0.3) is 6.08 Å². The Hall–Kier alpha value is -1.08. The van der Waals surface area contributed by atoms with Crippen molar-refractivity contribution < 1.29 is 4.48 Å². The second-order valence-corrected chi connectivity index (χ2v) is 4.65. The van der Waals surface area contributed by atoms with E-state index in [1.54, 1.807) is 0 Å². The minimum Gasteiger partial charge on any atom is -0.325 e. The third kappa shape index (κ3) is 3.88. The summed E-state index contributed by atoms with van der Waals surface area (Å²) in [5.74, 6) is 0. The van der Waals surface area contributed by atoms with Crippen molar-refractivity contribution in [2.24, 2.45) is 0 Å². The van der Waals surface area contributed by atoms with Gasteiger partial charge in [0.1, 0.15) is 6.54 Å². The zero-order chi connectivity index (χ0) is 11.3. The lowest BCUT2D eigenvalue weighted by atomic mass is 10.1. The van der Waals surface area contributed by atoms with Gasteiger partial charge in [-0.15, -0.1) is 0 Å². The molecule has 0 spiro atoms. The van der Waals surface area contributed by atoms with Crippen molar-refractivity contribution in [3.8, 4) is 0 Å². The van der Waals surface area contributed by atoms with E-state index in [4.69, 9.17) is 0 Å². The van der Waals surface area contributed by atoms with E-state index in [1.807, 2.05) is 6.92 Å². The zero-order valence-corrected chi connectivity index (χ0v) is 10.3. The van der Waals surface area contributed by atoms with Crippen molar-refractivity contribution in [3.63, 3.8) is 0 Å². The average molecular weight is 204 g/mol. The quantitative estimate of drug-likeness (QED) is 0.660. The summed E-state index contributed by atoms with van der Waals surface area (Å²) < 4.78 is 1.04. The molecule has 0 N–H and O–H groups in total. The summed E-state index contributed by atoms with van der Waals surface area (Å²) in [7, 11) is 4.53. The van der Waals surface area contributed by atoms with E-state index in [0.29, 0.717) is 0 Å². The number of hydrogen-bond donors (Lipinski definition) is 0. The number of allylic oxidation sites excluding steroid dienone is 1. The van der Waals surface area contributed by atoms with Gasteiger partial charge in [-0.05, 0) is 19.4 Å². The molecule has 15 heavy (non-hydrogen) atoms. The third-order valence-corrected chi connectivity index (χ3v) is 2.81. The summed E-state index contributed by atoms with van der Waals surface area (Å²) in [4.78, 5) is 0. The summed E-state index contributed by atoms with van der Waals surface area (Å²) in [5.41, 5.74) is 2.69. The van der Waals surface area contributed by atoms with Crippen LogP contribution in [0, 0.1) is 0 Å². The first-order valence-electron chi connectivity index (χ1n) is 5.61. The molecule has 0 fully saturated rings. The Kier molecular flexibility index (Phi) is 4.10. The maximum Gasteiger partial charge on any atom is 0.104 e. The molecule has 1 aromatic carbocycles. The molecule has 0 heterocycles. The smallest absolute Gasteiger partial charge is 0.104 e. The van der Waals surface area contributed by atoms with Crippen molar-refractivity contribution >= 4 is 6.08 Å². The maximum absolute atomic E-state index is 2.26. The molecule has 0 saturated heterocycles. The topological polar surface area (TPSA) is 0 Å². The van der Waals surface area contributed by atoms with Gasteiger partial charge in [0.2, 0.25) is 0 Å².